The van der Waals surface area contributed by atoms with Gasteiger partial charge in [-0.2, -0.15) is 4.57 Å². The molecule has 110 valence electrons. The lowest BCUT2D eigenvalue weighted by atomic mass is 10.0. The Labute approximate surface area is 136 Å². The molecule has 1 heterocycles. The third kappa shape index (κ3) is 3.05. The molecule has 3 aromatic rings. The van der Waals surface area contributed by atoms with E-state index >= 15 is 0 Å². The molecule has 1 aromatic heterocycles. The van der Waals surface area contributed by atoms with Crippen LogP contribution in [0.4, 0.5) is 0 Å². The molecule has 0 N–H and O–H groups in total. The largest absolute Gasteiger partial charge is 0.213 e. The van der Waals surface area contributed by atoms with Gasteiger partial charge in [-0.3, -0.25) is 0 Å². The van der Waals surface area contributed by atoms with Crippen LogP contribution in [0.5, 0.6) is 0 Å². The van der Waals surface area contributed by atoms with Gasteiger partial charge in [0.1, 0.15) is 0 Å². The number of alkyl halides is 1. The van der Waals surface area contributed by atoms with Crippen LogP contribution in [-0.4, -0.2) is 5.88 Å². The van der Waals surface area contributed by atoms with Gasteiger partial charge in [-0.25, -0.2) is 0 Å². The molecule has 1 nitrogen and oxygen atoms in total. The molecular formula is C20H19ClN+. The number of aromatic nitrogens is 1. The van der Waals surface area contributed by atoms with Gasteiger partial charge in [0.15, 0.2) is 12.2 Å². The van der Waals surface area contributed by atoms with E-state index in [1.165, 1.54) is 28.1 Å². The predicted octanol–water partition coefficient (Wildman–Crippen LogP) is 4.86. The van der Waals surface area contributed by atoms with E-state index in [2.05, 4.69) is 72.2 Å². The van der Waals surface area contributed by atoms with Crippen molar-refractivity contribution in [2.75, 3.05) is 5.88 Å². The molecule has 2 aromatic carbocycles. The molecular weight excluding hydrogens is 290 g/mol. The fourth-order valence-electron chi connectivity index (χ4n) is 2.79. The van der Waals surface area contributed by atoms with Crippen LogP contribution in [-0.2, 0) is 6.54 Å². The normalized spacial score (nSPS) is 10.6. The second kappa shape index (κ2) is 6.76. The molecule has 0 aliphatic heterocycles. The van der Waals surface area contributed by atoms with Crippen LogP contribution >= 0.6 is 11.6 Å². The first kappa shape index (κ1) is 14.8. The minimum atomic E-state index is 0.607. The second-order valence-corrected chi connectivity index (χ2v) is 5.72. The third-order valence-electron chi connectivity index (χ3n) is 3.86. The van der Waals surface area contributed by atoms with Crippen molar-refractivity contribution in [1.29, 1.82) is 0 Å². The van der Waals surface area contributed by atoms with E-state index in [9.17, 15) is 0 Å². The van der Waals surface area contributed by atoms with Crippen LogP contribution in [0.25, 0.3) is 22.4 Å². The molecule has 0 saturated heterocycles. The van der Waals surface area contributed by atoms with Crippen molar-refractivity contribution in [3.8, 4) is 22.4 Å². The van der Waals surface area contributed by atoms with Gasteiger partial charge >= 0.3 is 0 Å². The summed E-state index contributed by atoms with van der Waals surface area (Å²) in [6.07, 6.45) is 0. The van der Waals surface area contributed by atoms with Crippen LogP contribution < -0.4 is 4.57 Å². The number of hydrogen-bond donors (Lipinski definition) is 0. The van der Waals surface area contributed by atoms with Crippen LogP contribution in [0.3, 0.4) is 0 Å². The number of pyridine rings is 1. The Balaban J connectivity index is 2.19. The summed E-state index contributed by atoms with van der Waals surface area (Å²) in [6, 6.07) is 25.5. The minimum Gasteiger partial charge on any atom is -0.195 e. The maximum absolute atomic E-state index is 6.00. The zero-order valence-electron chi connectivity index (χ0n) is 12.7. The van der Waals surface area contributed by atoms with E-state index in [0.717, 1.165) is 6.54 Å². The summed E-state index contributed by atoms with van der Waals surface area (Å²) < 4.78 is 2.29. The van der Waals surface area contributed by atoms with Crippen LogP contribution in [0.1, 0.15) is 5.69 Å². The zero-order valence-corrected chi connectivity index (χ0v) is 13.4. The van der Waals surface area contributed by atoms with Gasteiger partial charge < -0.3 is 0 Å². The molecule has 2 heteroatoms. The van der Waals surface area contributed by atoms with Crippen LogP contribution in [0.2, 0.25) is 0 Å². The number of aryl methyl sites for hydroxylation is 1. The third-order valence-corrected chi connectivity index (χ3v) is 4.03. The summed E-state index contributed by atoms with van der Waals surface area (Å²) in [5, 5.41) is 0. The fourth-order valence-corrected chi connectivity index (χ4v) is 2.96. The number of halogens is 1. The summed E-state index contributed by atoms with van der Waals surface area (Å²) in [4.78, 5) is 0. The van der Waals surface area contributed by atoms with Gasteiger partial charge in [0, 0.05) is 24.6 Å². The fraction of sp³-hybridized carbons (Fsp3) is 0.150. The zero-order chi connectivity index (χ0) is 15.4. The Hall–Kier alpha value is -2.12. The number of benzene rings is 2. The lowest BCUT2D eigenvalue weighted by Crippen LogP contribution is -2.40. The van der Waals surface area contributed by atoms with Crippen LogP contribution in [0.15, 0.2) is 72.8 Å². The highest BCUT2D eigenvalue weighted by atomic mass is 35.5. The molecule has 0 atom stereocenters. The van der Waals surface area contributed by atoms with Crippen molar-refractivity contribution in [2.24, 2.45) is 0 Å². The molecule has 0 aliphatic carbocycles. The molecule has 3 rings (SSSR count). The lowest BCUT2D eigenvalue weighted by Gasteiger charge is -2.09. The van der Waals surface area contributed by atoms with E-state index in [1.807, 2.05) is 12.1 Å². The van der Waals surface area contributed by atoms with E-state index in [4.69, 9.17) is 11.6 Å². The number of nitrogens with zero attached hydrogens (tertiary/aromatic N) is 1. The molecule has 0 unspecified atom stereocenters. The standard InChI is InChI=1S/C20H19ClN/c1-16-14-19(17-8-4-2-5-9-17)15-20(22(16)13-12-21)18-10-6-3-7-11-18/h2-11,14-15H,12-13H2,1H3/q+1. The van der Waals surface area contributed by atoms with E-state index < -0.39 is 0 Å². The van der Waals surface area contributed by atoms with Crippen molar-refractivity contribution >= 4 is 11.6 Å². The van der Waals surface area contributed by atoms with Gasteiger partial charge in [-0.05, 0) is 23.3 Å². The van der Waals surface area contributed by atoms with Crippen molar-refractivity contribution in [3.05, 3.63) is 78.5 Å². The van der Waals surface area contributed by atoms with Crippen molar-refractivity contribution in [3.63, 3.8) is 0 Å². The van der Waals surface area contributed by atoms with Gasteiger partial charge in [0.2, 0.25) is 5.69 Å². The quantitative estimate of drug-likeness (QED) is 0.479. The number of rotatable bonds is 4. The van der Waals surface area contributed by atoms with Crippen LogP contribution in [0, 0.1) is 6.92 Å². The second-order valence-electron chi connectivity index (χ2n) is 5.34. The first-order chi connectivity index (χ1) is 10.8. The highest BCUT2D eigenvalue weighted by Gasteiger charge is 2.17. The predicted molar refractivity (Wildman–Crippen MR) is 93.0 cm³/mol. The molecule has 0 radical (unpaired) electrons. The van der Waals surface area contributed by atoms with Gasteiger partial charge in [0.05, 0.1) is 5.88 Å². The first-order valence-electron chi connectivity index (χ1n) is 7.51. The summed E-state index contributed by atoms with van der Waals surface area (Å²) in [5.41, 5.74) is 6.12. The average molecular weight is 309 g/mol. The molecule has 0 fully saturated rings. The Morgan fingerprint density at radius 1 is 0.773 bits per heavy atom. The summed E-state index contributed by atoms with van der Waals surface area (Å²) in [5.74, 6) is 0.607. The molecule has 0 aliphatic rings. The molecule has 22 heavy (non-hydrogen) atoms. The van der Waals surface area contributed by atoms with Gasteiger partial charge in [-0.1, -0.05) is 48.5 Å². The number of hydrogen-bond acceptors (Lipinski definition) is 0. The van der Waals surface area contributed by atoms with Crippen molar-refractivity contribution in [1.82, 2.24) is 0 Å². The highest BCUT2D eigenvalue weighted by Crippen LogP contribution is 2.24. The summed E-state index contributed by atoms with van der Waals surface area (Å²) in [6.45, 7) is 2.96. The van der Waals surface area contributed by atoms with Crippen molar-refractivity contribution < 1.29 is 4.57 Å². The summed E-state index contributed by atoms with van der Waals surface area (Å²) >= 11 is 6.00. The van der Waals surface area contributed by atoms with E-state index in [0.29, 0.717) is 5.88 Å². The minimum absolute atomic E-state index is 0.607. The van der Waals surface area contributed by atoms with Gasteiger partial charge in [-0.15, -0.1) is 11.6 Å². The van der Waals surface area contributed by atoms with E-state index in [-0.39, 0.29) is 0 Å². The Morgan fingerprint density at radius 2 is 1.36 bits per heavy atom. The molecule has 0 amide bonds. The smallest absolute Gasteiger partial charge is 0.195 e. The SMILES string of the molecule is Cc1cc(-c2ccccc2)cc(-c2ccccc2)[n+]1CCCl. The first-order valence-corrected chi connectivity index (χ1v) is 8.04. The highest BCUT2D eigenvalue weighted by molar-refractivity contribution is 6.17. The monoisotopic (exact) mass is 308 g/mol. The maximum Gasteiger partial charge on any atom is 0.213 e. The Morgan fingerprint density at radius 3 is 1.95 bits per heavy atom. The Kier molecular flexibility index (Phi) is 4.55. The molecule has 0 bridgehead atoms. The van der Waals surface area contributed by atoms with E-state index in [1.54, 1.807) is 0 Å². The molecule has 0 saturated carbocycles. The molecule has 0 spiro atoms. The maximum atomic E-state index is 6.00. The summed E-state index contributed by atoms with van der Waals surface area (Å²) in [7, 11) is 0. The lowest BCUT2D eigenvalue weighted by molar-refractivity contribution is -0.687. The van der Waals surface area contributed by atoms with Crippen molar-refractivity contribution in [2.45, 2.75) is 13.5 Å². The van der Waals surface area contributed by atoms with Gasteiger partial charge in [0.25, 0.3) is 0 Å². The Bertz CT molecular complexity index is 751. The topological polar surface area (TPSA) is 3.88 Å². The average Bonchev–Trinajstić information content (AvgIpc) is 2.58.